The fraction of sp³-hybridized carbons (Fsp3) is 0.0667. The first-order chi connectivity index (χ1) is 9.81. The smallest absolute Gasteiger partial charge is 0.197 e. The lowest BCUT2D eigenvalue weighted by molar-refractivity contribution is 0.0995. The highest BCUT2D eigenvalue weighted by molar-refractivity contribution is 6.02. The topological polar surface area (TPSA) is 71.0 Å². The maximum Gasteiger partial charge on any atom is 0.197 e. The molecular formula is C15H10N4O. The van der Waals surface area contributed by atoms with Gasteiger partial charge in [0.2, 0.25) is 0 Å². The number of ketones is 1. The molecule has 0 radical (unpaired) electrons. The van der Waals surface area contributed by atoms with Crippen LogP contribution in [0.2, 0.25) is 0 Å². The van der Waals surface area contributed by atoms with Gasteiger partial charge in [-0.25, -0.2) is 4.98 Å². The average molecular weight is 262 g/mol. The minimum Gasteiger partial charge on any atom is -0.299 e. The van der Waals surface area contributed by atoms with Gasteiger partial charge in [0.1, 0.15) is 17.9 Å². The molecule has 0 unspecified atom stereocenters. The third-order valence-electron chi connectivity index (χ3n) is 2.97. The van der Waals surface area contributed by atoms with Gasteiger partial charge in [-0.05, 0) is 24.3 Å². The van der Waals surface area contributed by atoms with E-state index in [1.807, 2.05) is 47.0 Å². The maximum atomic E-state index is 12.0. The standard InChI is InChI=1S/C15H10N4O/c16-7-6-13(20)14-12-5-1-2-9-19(12)15(18-14)11-4-3-8-17-10-11/h1-5,8-10H,6H2. The summed E-state index contributed by atoms with van der Waals surface area (Å²) in [5.41, 5.74) is 1.85. The zero-order valence-electron chi connectivity index (χ0n) is 10.5. The van der Waals surface area contributed by atoms with Crippen molar-refractivity contribution >= 4 is 11.3 Å². The Labute approximate surface area is 115 Å². The van der Waals surface area contributed by atoms with E-state index >= 15 is 0 Å². The fourth-order valence-corrected chi connectivity index (χ4v) is 2.10. The summed E-state index contributed by atoms with van der Waals surface area (Å²) in [6.07, 6.45) is 5.04. The molecule has 0 aliphatic rings. The first kappa shape index (κ1) is 12.1. The largest absolute Gasteiger partial charge is 0.299 e. The number of Topliss-reactive ketones (excluding diaryl/α,β-unsaturated/α-hetero) is 1. The molecule has 0 bridgehead atoms. The molecule has 0 spiro atoms. The highest BCUT2D eigenvalue weighted by Crippen LogP contribution is 2.22. The maximum absolute atomic E-state index is 12.0. The second-order valence-electron chi connectivity index (χ2n) is 4.24. The van der Waals surface area contributed by atoms with Gasteiger partial charge in [-0.3, -0.25) is 14.2 Å². The van der Waals surface area contributed by atoms with Crippen LogP contribution in [-0.4, -0.2) is 20.2 Å². The average Bonchev–Trinajstić information content (AvgIpc) is 2.88. The Morgan fingerprint density at radius 3 is 2.95 bits per heavy atom. The second-order valence-corrected chi connectivity index (χ2v) is 4.24. The van der Waals surface area contributed by atoms with E-state index in [0.717, 1.165) is 5.56 Å². The first-order valence-corrected chi connectivity index (χ1v) is 6.09. The number of carbonyl (C=O) groups is 1. The highest BCUT2D eigenvalue weighted by Gasteiger charge is 2.17. The number of fused-ring (bicyclic) bond motifs is 1. The Hall–Kier alpha value is -3.00. The van der Waals surface area contributed by atoms with Crippen molar-refractivity contribution in [3.8, 4) is 17.5 Å². The number of imidazole rings is 1. The molecule has 0 amide bonds. The molecule has 0 aromatic carbocycles. The van der Waals surface area contributed by atoms with Crippen molar-refractivity contribution in [3.05, 3.63) is 54.6 Å². The van der Waals surface area contributed by atoms with Crippen molar-refractivity contribution in [2.75, 3.05) is 0 Å². The molecule has 3 rings (SSSR count). The van der Waals surface area contributed by atoms with E-state index < -0.39 is 0 Å². The van der Waals surface area contributed by atoms with Gasteiger partial charge >= 0.3 is 0 Å². The third kappa shape index (κ3) is 1.93. The molecule has 5 nitrogen and oxygen atoms in total. The molecule has 0 saturated carbocycles. The Kier molecular flexibility index (Phi) is 2.98. The molecule has 0 N–H and O–H groups in total. The number of hydrogen-bond donors (Lipinski definition) is 0. The van der Waals surface area contributed by atoms with Gasteiger partial charge in [0, 0.05) is 24.2 Å². The lowest BCUT2D eigenvalue weighted by atomic mass is 10.2. The van der Waals surface area contributed by atoms with Crippen LogP contribution in [0.3, 0.4) is 0 Å². The predicted octanol–water partition coefficient (Wildman–Crippen LogP) is 2.49. The molecule has 0 aliphatic carbocycles. The summed E-state index contributed by atoms with van der Waals surface area (Å²) in [5.74, 6) is 0.376. The van der Waals surface area contributed by atoms with Gasteiger partial charge in [0.15, 0.2) is 5.78 Å². The molecule has 3 heterocycles. The summed E-state index contributed by atoms with van der Waals surface area (Å²) >= 11 is 0. The number of rotatable bonds is 3. The van der Waals surface area contributed by atoms with Crippen LogP contribution in [0.5, 0.6) is 0 Å². The van der Waals surface area contributed by atoms with Crippen LogP contribution in [0.1, 0.15) is 16.9 Å². The van der Waals surface area contributed by atoms with Crippen LogP contribution >= 0.6 is 0 Å². The predicted molar refractivity (Wildman–Crippen MR) is 73.0 cm³/mol. The molecule has 3 aromatic rings. The highest BCUT2D eigenvalue weighted by atomic mass is 16.1. The second kappa shape index (κ2) is 4.94. The van der Waals surface area contributed by atoms with Crippen LogP contribution in [-0.2, 0) is 0 Å². The van der Waals surface area contributed by atoms with Crippen LogP contribution < -0.4 is 0 Å². The van der Waals surface area contributed by atoms with Gasteiger partial charge in [0.05, 0.1) is 11.6 Å². The van der Waals surface area contributed by atoms with Crippen molar-refractivity contribution in [2.45, 2.75) is 6.42 Å². The summed E-state index contributed by atoms with van der Waals surface area (Å²) in [4.78, 5) is 20.5. The van der Waals surface area contributed by atoms with E-state index in [4.69, 9.17) is 5.26 Å². The van der Waals surface area contributed by atoms with Gasteiger partial charge in [-0.2, -0.15) is 5.26 Å². The summed E-state index contributed by atoms with van der Waals surface area (Å²) in [6, 6.07) is 11.1. The molecular weight excluding hydrogens is 252 g/mol. The molecule has 0 atom stereocenters. The molecule has 96 valence electrons. The van der Waals surface area contributed by atoms with E-state index in [2.05, 4.69) is 9.97 Å². The minimum absolute atomic E-state index is 0.173. The molecule has 3 aromatic heterocycles. The third-order valence-corrected chi connectivity index (χ3v) is 2.97. The number of hydrogen-bond acceptors (Lipinski definition) is 4. The SMILES string of the molecule is N#CCC(=O)c1nc(-c2cccnc2)n2ccccc12. The molecule has 20 heavy (non-hydrogen) atoms. The van der Waals surface area contributed by atoms with E-state index in [1.54, 1.807) is 12.4 Å². The van der Waals surface area contributed by atoms with Crippen molar-refractivity contribution in [2.24, 2.45) is 0 Å². The molecule has 0 saturated heterocycles. The van der Waals surface area contributed by atoms with Crippen molar-refractivity contribution < 1.29 is 4.79 Å². The summed E-state index contributed by atoms with van der Waals surface area (Å²) in [6.45, 7) is 0. The van der Waals surface area contributed by atoms with Crippen molar-refractivity contribution in [1.82, 2.24) is 14.4 Å². The zero-order valence-corrected chi connectivity index (χ0v) is 10.5. The number of carbonyl (C=O) groups excluding carboxylic acids is 1. The minimum atomic E-state index is -0.272. The van der Waals surface area contributed by atoms with Crippen LogP contribution in [0.4, 0.5) is 0 Å². The summed E-state index contributed by atoms with van der Waals surface area (Å²) in [5, 5.41) is 8.68. The van der Waals surface area contributed by atoms with Crippen molar-refractivity contribution in [1.29, 1.82) is 5.26 Å². The van der Waals surface area contributed by atoms with E-state index in [1.165, 1.54) is 0 Å². The molecule has 0 fully saturated rings. The quantitative estimate of drug-likeness (QED) is 0.680. The molecule has 0 aliphatic heterocycles. The van der Waals surface area contributed by atoms with Gasteiger partial charge in [-0.1, -0.05) is 6.07 Å². The lowest BCUT2D eigenvalue weighted by Gasteiger charge is -1.99. The van der Waals surface area contributed by atoms with Gasteiger partial charge in [0.25, 0.3) is 0 Å². The van der Waals surface area contributed by atoms with E-state index in [9.17, 15) is 4.79 Å². The fourth-order valence-electron chi connectivity index (χ4n) is 2.10. The summed E-state index contributed by atoms with van der Waals surface area (Å²) < 4.78 is 1.83. The lowest BCUT2D eigenvalue weighted by Crippen LogP contribution is -1.98. The van der Waals surface area contributed by atoms with E-state index in [-0.39, 0.29) is 12.2 Å². The Morgan fingerprint density at radius 1 is 1.30 bits per heavy atom. The first-order valence-electron chi connectivity index (χ1n) is 6.09. The normalized spacial score (nSPS) is 10.3. The number of aromatic nitrogens is 3. The summed E-state index contributed by atoms with van der Waals surface area (Å²) in [7, 11) is 0. The van der Waals surface area contributed by atoms with E-state index in [0.29, 0.717) is 17.0 Å². The number of nitriles is 1. The zero-order chi connectivity index (χ0) is 13.9. The van der Waals surface area contributed by atoms with Crippen LogP contribution in [0.25, 0.3) is 16.9 Å². The number of pyridine rings is 2. The van der Waals surface area contributed by atoms with Crippen LogP contribution in [0, 0.1) is 11.3 Å². The van der Waals surface area contributed by atoms with Gasteiger partial charge < -0.3 is 0 Å². The Bertz CT molecular complexity index is 815. The molecule has 5 heteroatoms. The number of nitrogens with zero attached hydrogens (tertiary/aromatic N) is 4. The Morgan fingerprint density at radius 2 is 2.20 bits per heavy atom. The monoisotopic (exact) mass is 262 g/mol. The van der Waals surface area contributed by atoms with Gasteiger partial charge in [-0.15, -0.1) is 0 Å². The van der Waals surface area contributed by atoms with Crippen molar-refractivity contribution in [3.63, 3.8) is 0 Å². The van der Waals surface area contributed by atoms with Crippen LogP contribution in [0.15, 0.2) is 48.9 Å². The Balaban J connectivity index is 2.25.